The molecular weight excluding hydrogens is 589 g/mol. The normalized spacial score (nSPS) is 18.5. The van der Waals surface area contributed by atoms with Gasteiger partial charge in [-0.15, -0.1) is 0 Å². The number of methoxy groups -OCH3 is 1. The van der Waals surface area contributed by atoms with Gasteiger partial charge in [0.1, 0.15) is 12.3 Å². The van der Waals surface area contributed by atoms with Crippen LogP contribution < -0.4 is 30.9 Å². The largest absolute Gasteiger partial charge is 0.496 e. The van der Waals surface area contributed by atoms with Crippen molar-refractivity contribution in [1.29, 1.82) is 0 Å². The number of hydrogen-bond acceptors (Lipinski definition) is 4. The van der Waals surface area contributed by atoms with Crippen molar-refractivity contribution in [3.05, 3.63) is 84.0 Å². The maximum Gasteiger partial charge on any atom is 0.416 e. The number of fused-ring (bicyclic) bond motifs is 2. The lowest BCUT2D eigenvalue weighted by atomic mass is 9.79. The van der Waals surface area contributed by atoms with Crippen LogP contribution in [-0.4, -0.2) is 36.5 Å². The van der Waals surface area contributed by atoms with Gasteiger partial charge in [-0.1, -0.05) is 47.6 Å². The zero-order chi connectivity index (χ0) is 33.9. The molecule has 46 heavy (non-hydrogen) atoms. The lowest BCUT2D eigenvalue weighted by molar-refractivity contribution is -0.438. The van der Waals surface area contributed by atoms with Gasteiger partial charge in [0.25, 0.3) is 0 Å². The Morgan fingerprint density at radius 3 is 2.20 bits per heavy atom. The van der Waals surface area contributed by atoms with Crippen molar-refractivity contribution < 1.29 is 22.5 Å². The summed E-state index contributed by atoms with van der Waals surface area (Å²) in [6, 6.07) is 9.36. The average molecular weight is 636 g/mol. The Bertz CT molecular complexity index is 1860. The van der Waals surface area contributed by atoms with E-state index in [0.29, 0.717) is 29.6 Å². The first-order valence-electron chi connectivity index (χ1n) is 16.2. The lowest BCUT2D eigenvalue weighted by Crippen LogP contribution is -2.66. The number of rotatable bonds is 9. The Balaban J connectivity index is 1.64. The molecule has 2 aliphatic rings. The number of halogens is 3. The van der Waals surface area contributed by atoms with E-state index in [4.69, 9.17) is 4.74 Å². The fraction of sp³-hybridized carbons (Fsp3) is 0.500. The quantitative estimate of drug-likeness (QED) is 0.263. The van der Waals surface area contributed by atoms with Crippen molar-refractivity contribution in [3.63, 3.8) is 0 Å². The van der Waals surface area contributed by atoms with Crippen LogP contribution in [0, 0.1) is 11.8 Å². The number of nitrogens with zero attached hydrogens (tertiary/aromatic N) is 2. The van der Waals surface area contributed by atoms with E-state index >= 15 is 0 Å². The van der Waals surface area contributed by atoms with Crippen LogP contribution in [0.5, 0.6) is 5.75 Å². The van der Waals surface area contributed by atoms with Crippen molar-refractivity contribution in [2.45, 2.75) is 91.3 Å². The summed E-state index contributed by atoms with van der Waals surface area (Å²) < 4.78 is 49.1. The summed E-state index contributed by atoms with van der Waals surface area (Å²) in [6.45, 7) is 17.8. The van der Waals surface area contributed by atoms with Crippen LogP contribution in [0.1, 0.15) is 84.9 Å². The number of anilines is 1. The van der Waals surface area contributed by atoms with Gasteiger partial charge in [0.2, 0.25) is 16.5 Å². The topological polar surface area (TPSA) is 49.6 Å². The van der Waals surface area contributed by atoms with E-state index < -0.39 is 28.6 Å². The molecule has 8 heteroatoms. The van der Waals surface area contributed by atoms with Gasteiger partial charge in [-0.2, -0.15) is 17.7 Å². The summed E-state index contributed by atoms with van der Waals surface area (Å²) in [5, 5.41) is 0.236. The first-order valence-corrected chi connectivity index (χ1v) is 16.2. The average Bonchev–Trinajstić information content (AvgIpc) is 3.33. The minimum atomic E-state index is -4.47. The number of alkyl halides is 3. The highest BCUT2D eigenvalue weighted by atomic mass is 19.4. The van der Waals surface area contributed by atoms with Gasteiger partial charge in [-0.25, -0.2) is 0 Å². The minimum absolute atomic E-state index is 0.1000. The summed E-state index contributed by atoms with van der Waals surface area (Å²) in [5.41, 5.74) is 1.54. The van der Waals surface area contributed by atoms with Crippen molar-refractivity contribution in [3.8, 4) is 5.75 Å². The molecule has 246 valence electrons. The minimum Gasteiger partial charge on any atom is -0.496 e. The van der Waals surface area contributed by atoms with Crippen molar-refractivity contribution in [1.82, 2.24) is 0 Å². The molecule has 0 aliphatic carbocycles. The molecule has 2 heterocycles. The number of ether oxygens (including phenoxy) is 1. The molecule has 0 N–H and O–H groups in total. The SMILES string of the molecule is COc1cccc2c1C(C)(C)C(C=c1c(=O)c(=CC3N(CCC(C)C)c4ccc(C(F)(F)F)cc4C3(C)C)c1=O)=[N+]2CCC(C)C. The second-order valence-corrected chi connectivity index (χ2v) is 14.8. The van der Waals surface area contributed by atoms with E-state index in [9.17, 15) is 22.8 Å². The summed E-state index contributed by atoms with van der Waals surface area (Å²) >= 11 is 0. The van der Waals surface area contributed by atoms with Gasteiger partial charge < -0.3 is 9.64 Å². The smallest absolute Gasteiger partial charge is 0.416 e. The molecule has 3 aromatic rings. The zero-order valence-corrected chi connectivity index (χ0v) is 28.4. The third-order valence-electron chi connectivity index (χ3n) is 9.94. The molecule has 0 fully saturated rings. The second kappa shape index (κ2) is 11.8. The third-order valence-corrected chi connectivity index (χ3v) is 9.94. The van der Waals surface area contributed by atoms with Crippen LogP contribution >= 0.6 is 0 Å². The first-order chi connectivity index (χ1) is 21.4. The van der Waals surface area contributed by atoms with Crippen LogP contribution in [0.15, 0.2) is 46.0 Å². The van der Waals surface area contributed by atoms with Gasteiger partial charge in [0.15, 0.2) is 5.71 Å². The van der Waals surface area contributed by atoms with Crippen molar-refractivity contribution in [2.24, 2.45) is 11.8 Å². The molecule has 1 atom stereocenters. The fourth-order valence-corrected chi connectivity index (χ4v) is 7.17. The van der Waals surface area contributed by atoms with Gasteiger partial charge in [-0.05, 0) is 68.0 Å². The van der Waals surface area contributed by atoms with Crippen LogP contribution in [0.25, 0.3) is 12.2 Å². The predicted octanol–water partition coefficient (Wildman–Crippen LogP) is 6.21. The molecule has 0 bridgehead atoms. The standard InChI is InChI=1S/C38H46F3N2O3/c1-22(2)15-17-42-28-14-13-24(38(39,40)41)19-27(28)36(5,6)31(42)20-25-34(44)26(35(25)45)21-32-37(7,8)33-29(11-10-12-30(33)46-9)43(32)18-16-23(3)4/h10-14,19-23,31H,15-18H2,1-9H3/q+1. The van der Waals surface area contributed by atoms with Crippen LogP contribution in [0.3, 0.4) is 0 Å². The Labute approximate surface area is 269 Å². The Morgan fingerprint density at radius 2 is 1.61 bits per heavy atom. The molecule has 0 spiro atoms. The van der Waals surface area contributed by atoms with E-state index in [1.54, 1.807) is 19.3 Å². The van der Waals surface area contributed by atoms with Crippen LogP contribution in [-0.2, 0) is 17.0 Å². The van der Waals surface area contributed by atoms with E-state index in [1.165, 1.54) is 12.1 Å². The summed E-state index contributed by atoms with van der Waals surface area (Å²) in [6.07, 6.45) is 0.720. The monoisotopic (exact) mass is 635 g/mol. The van der Waals surface area contributed by atoms with E-state index in [-0.39, 0.29) is 21.3 Å². The highest BCUT2D eigenvalue weighted by Gasteiger charge is 2.48. The molecule has 0 saturated carbocycles. The number of hydrogen-bond donors (Lipinski definition) is 0. The highest BCUT2D eigenvalue weighted by Crippen LogP contribution is 2.48. The van der Waals surface area contributed by atoms with Gasteiger partial charge >= 0.3 is 6.18 Å². The Kier molecular flexibility index (Phi) is 8.67. The summed E-state index contributed by atoms with van der Waals surface area (Å²) in [4.78, 5) is 29.6. The lowest BCUT2D eigenvalue weighted by Gasteiger charge is -2.33. The zero-order valence-electron chi connectivity index (χ0n) is 28.4. The molecule has 1 unspecified atom stereocenters. The van der Waals surface area contributed by atoms with Gasteiger partial charge in [0.05, 0.1) is 40.1 Å². The Morgan fingerprint density at radius 1 is 0.957 bits per heavy atom. The molecule has 5 nitrogen and oxygen atoms in total. The van der Waals surface area contributed by atoms with E-state index in [0.717, 1.165) is 48.2 Å². The van der Waals surface area contributed by atoms with Gasteiger partial charge in [-0.3, -0.25) is 9.59 Å². The third kappa shape index (κ3) is 5.62. The molecule has 0 amide bonds. The molecular formula is C38H46F3N2O3+. The molecule has 0 aromatic heterocycles. The van der Waals surface area contributed by atoms with Crippen molar-refractivity contribution in [2.75, 3.05) is 25.1 Å². The molecule has 0 saturated heterocycles. The highest BCUT2D eigenvalue weighted by molar-refractivity contribution is 6.15. The van der Waals surface area contributed by atoms with Crippen LogP contribution in [0.2, 0.25) is 0 Å². The summed E-state index contributed by atoms with van der Waals surface area (Å²) in [5.74, 6) is 1.58. The Hall–Kier alpha value is -3.68. The molecule has 5 rings (SSSR count). The maximum atomic E-state index is 13.8. The first kappa shape index (κ1) is 33.7. The fourth-order valence-electron chi connectivity index (χ4n) is 7.17. The van der Waals surface area contributed by atoms with Crippen LogP contribution in [0.4, 0.5) is 24.5 Å². The second-order valence-electron chi connectivity index (χ2n) is 14.8. The number of benzene rings is 2. The van der Waals surface area contributed by atoms with E-state index in [1.807, 2.05) is 26.0 Å². The van der Waals surface area contributed by atoms with Gasteiger partial charge in [0, 0.05) is 36.2 Å². The predicted molar refractivity (Wildman–Crippen MR) is 180 cm³/mol. The molecule has 0 radical (unpaired) electrons. The van der Waals surface area contributed by atoms with E-state index in [2.05, 4.69) is 57.1 Å². The van der Waals surface area contributed by atoms with Crippen molar-refractivity contribution >= 4 is 29.2 Å². The summed E-state index contributed by atoms with van der Waals surface area (Å²) in [7, 11) is 1.65. The molecule has 2 aliphatic heterocycles. The maximum absolute atomic E-state index is 13.8. The molecule has 3 aromatic carbocycles.